The average Bonchev–Trinajstić information content (AvgIpc) is 3.40. The molecule has 7 heteroatoms. The Morgan fingerprint density at radius 3 is 1.74 bits per heavy atom. The van der Waals surface area contributed by atoms with Crippen molar-refractivity contribution in [3.63, 3.8) is 0 Å². The van der Waals surface area contributed by atoms with Crippen LogP contribution in [0.1, 0.15) is 31.6 Å². The molecule has 2 aromatic carbocycles. The van der Waals surface area contributed by atoms with Crippen molar-refractivity contribution in [3.05, 3.63) is 35.9 Å². The lowest BCUT2D eigenvalue weighted by Crippen LogP contribution is -2.03. The summed E-state index contributed by atoms with van der Waals surface area (Å²) in [4.78, 5) is 10.6. The number of hydrogen-bond donors (Lipinski definition) is 0. The molecule has 0 aliphatic rings. The highest BCUT2D eigenvalue weighted by atomic mass is 32.3. The van der Waals surface area contributed by atoms with E-state index in [1.54, 1.807) is 0 Å². The van der Waals surface area contributed by atoms with E-state index in [4.69, 9.17) is 9.97 Å². The van der Waals surface area contributed by atoms with Crippen LogP contribution in [0.25, 0.3) is 42.2 Å². The summed E-state index contributed by atoms with van der Waals surface area (Å²) < 4.78 is 5.78. The number of thioether (sulfide) groups is 1. The van der Waals surface area contributed by atoms with Gasteiger partial charge in [-0.2, -0.15) is 11.8 Å². The van der Waals surface area contributed by atoms with E-state index in [9.17, 15) is 0 Å². The fourth-order valence-electron chi connectivity index (χ4n) is 4.51. The maximum atomic E-state index is 5.34. The van der Waals surface area contributed by atoms with Crippen LogP contribution in [-0.4, -0.2) is 53.3 Å². The number of benzene rings is 2. The number of hydrogen-bond acceptors (Lipinski definition) is 5. The molecule has 5 rings (SSSR count). The molecule has 0 radical (unpaired) electrons. The molecule has 2 nitrogen and oxygen atoms in total. The Morgan fingerprint density at radius 2 is 1.29 bits per heavy atom. The Balaban J connectivity index is 1.86. The predicted molar refractivity (Wildman–Crippen MR) is 171 cm³/mol. The Bertz CT molecular complexity index is 1560. The molecular weight excluding hydrogens is 525 g/mol. The van der Waals surface area contributed by atoms with Gasteiger partial charge >= 0.3 is 0 Å². The Morgan fingerprint density at radius 1 is 0.771 bits per heavy atom. The summed E-state index contributed by atoms with van der Waals surface area (Å²) in [5.41, 5.74) is 5.52. The summed E-state index contributed by atoms with van der Waals surface area (Å²) >= 11 is 5.99. The fraction of sp³-hybridized carbons (Fsp3) is 0.429. The second-order valence-corrected chi connectivity index (χ2v) is 23.3. The molecule has 0 amide bonds. The van der Waals surface area contributed by atoms with Gasteiger partial charge in [-0.15, -0.1) is 22.7 Å². The Labute approximate surface area is 224 Å². The molecule has 0 aliphatic carbocycles. The minimum Gasteiger partial charge on any atom is -0.244 e. The van der Waals surface area contributed by atoms with Gasteiger partial charge in [-0.05, 0) is 79.0 Å². The molecule has 0 N–H and O–H groups in total. The third-order valence-corrected chi connectivity index (χ3v) is 16.0. The van der Waals surface area contributed by atoms with Crippen LogP contribution in [0.15, 0.2) is 38.8 Å². The summed E-state index contributed by atoms with van der Waals surface area (Å²) in [6, 6.07) is 11.6. The first-order chi connectivity index (χ1) is 16.4. The second-order valence-electron chi connectivity index (χ2n) is 11.1. The van der Waals surface area contributed by atoms with E-state index in [2.05, 4.69) is 88.6 Å². The quantitative estimate of drug-likeness (QED) is 0.193. The van der Waals surface area contributed by atoms with Gasteiger partial charge in [0.2, 0.25) is 0 Å². The van der Waals surface area contributed by atoms with Gasteiger partial charge < -0.3 is 0 Å². The van der Waals surface area contributed by atoms with Crippen LogP contribution in [0.3, 0.4) is 0 Å². The minimum atomic E-state index is -0.822. The molecule has 3 aromatic heterocycles. The fourth-order valence-corrected chi connectivity index (χ4v) is 11.0. The number of fused-ring (bicyclic) bond motifs is 7. The van der Waals surface area contributed by atoms with E-state index in [1.165, 1.54) is 34.2 Å². The van der Waals surface area contributed by atoms with Gasteiger partial charge in [-0.25, -0.2) is 30.0 Å². The molecule has 3 heterocycles. The topological polar surface area (TPSA) is 25.8 Å². The van der Waals surface area contributed by atoms with Crippen LogP contribution in [0.4, 0.5) is 0 Å². The van der Waals surface area contributed by atoms with Gasteiger partial charge in [-0.1, -0.05) is 26.8 Å². The summed E-state index contributed by atoms with van der Waals surface area (Å²) in [7, 11) is -1.64. The van der Waals surface area contributed by atoms with Gasteiger partial charge in [0.15, 0.2) is 0 Å². The van der Waals surface area contributed by atoms with Crippen molar-refractivity contribution in [1.29, 1.82) is 0 Å². The zero-order valence-corrected chi connectivity index (χ0v) is 26.3. The van der Waals surface area contributed by atoms with Gasteiger partial charge in [0.25, 0.3) is 0 Å². The first-order valence-electron chi connectivity index (χ1n) is 12.0. The van der Waals surface area contributed by atoms with Crippen molar-refractivity contribution in [2.45, 2.75) is 34.4 Å². The molecule has 0 spiro atoms. The highest BCUT2D eigenvalue weighted by Crippen LogP contribution is 2.56. The summed E-state index contributed by atoms with van der Waals surface area (Å²) in [5.74, 6) is 1.70. The van der Waals surface area contributed by atoms with Crippen molar-refractivity contribution in [2.24, 2.45) is 5.92 Å². The molecule has 5 aromatic rings. The largest absolute Gasteiger partial charge is 0.244 e. The van der Waals surface area contributed by atoms with Crippen molar-refractivity contribution >= 4 is 96.7 Å². The van der Waals surface area contributed by atoms with Gasteiger partial charge in [0.1, 0.15) is 0 Å². The lowest BCUT2D eigenvalue weighted by atomic mass is 10.0. The zero-order chi connectivity index (χ0) is 25.3. The van der Waals surface area contributed by atoms with E-state index in [0.29, 0.717) is 11.2 Å². The van der Waals surface area contributed by atoms with Crippen molar-refractivity contribution in [2.75, 3.05) is 43.3 Å². The molecule has 0 aliphatic heterocycles. The first kappa shape index (κ1) is 25.7. The first-order valence-corrected chi connectivity index (χ1v) is 20.4. The third kappa shape index (κ3) is 4.61. The molecular formula is C28H36N2S5. The van der Waals surface area contributed by atoms with Crippen LogP contribution < -0.4 is 0 Å². The molecule has 0 fully saturated rings. The standard InChI is InChI=1S/C28H36N2S5/c1-10-31-26(16(2)3)17-11-12-20-21(13-17)30-25-19-15-23(35(7,8)9)33-28(19)27-18(24(25)29-20)14-22(32-27)34(4,5)6/h11-16,26H,10H2,1-9H3. The summed E-state index contributed by atoms with van der Waals surface area (Å²) in [6.45, 7) is 6.88. The van der Waals surface area contributed by atoms with Gasteiger partial charge in [0.05, 0.1) is 31.5 Å². The highest BCUT2D eigenvalue weighted by molar-refractivity contribution is 8.33. The monoisotopic (exact) mass is 560 g/mol. The van der Waals surface area contributed by atoms with Crippen LogP contribution >= 0.6 is 54.5 Å². The van der Waals surface area contributed by atoms with Crippen molar-refractivity contribution in [3.8, 4) is 0 Å². The maximum Gasteiger partial charge on any atom is 0.0989 e. The SMILES string of the molecule is CCSC(c1ccc2nc3c4cc(S(C)(C)C)sc4c4sc(S(C)(C)C)cc4c3nc2c1)C(C)C. The second kappa shape index (κ2) is 9.09. The lowest BCUT2D eigenvalue weighted by Gasteiger charge is -2.22. The smallest absolute Gasteiger partial charge is 0.0989 e. The Kier molecular flexibility index (Phi) is 6.66. The molecule has 0 saturated carbocycles. The number of rotatable bonds is 6. The lowest BCUT2D eigenvalue weighted by molar-refractivity contribution is 0.632. The number of thiophene rings is 2. The minimum absolute atomic E-state index is 0.482. The van der Waals surface area contributed by atoms with Crippen molar-refractivity contribution < 1.29 is 0 Å². The molecule has 35 heavy (non-hydrogen) atoms. The number of nitrogens with zero attached hydrogens (tertiary/aromatic N) is 2. The zero-order valence-electron chi connectivity index (χ0n) is 22.2. The highest BCUT2D eigenvalue weighted by Gasteiger charge is 2.23. The van der Waals surface area contributed by atoms with Crippen LogP contribution in [0.5, 0.6) is 0 Å². The third-order valence-electron chi connectivity index (χ3n) is 6.31. The van der Waals surface area contributed by atoms with E-state index >= 15 is 0 Å². The maximum absolute atomic E-state index is 5.34. The molecule has 1 atom stereocenters. The number of aromatic nitrogens is 2. The molecule has 188 valence electrons. The van der Waals surface area contributed by atoms with Crippen LogP contribution in [0.2, 0.25) is 0 Å². The normalized spacial score (nSPS) is 15.1. The summed E-state index contributed by atoms with van der Waals surface area (Å²) in [5, 5.41) is 3.05. The summed E-state index contributed by atoms with van der Waals surface area (Å²) in [6.07, 6.45) is 14.3. The molecule has 0 saturated heterocycles. The molecule has 1 unspecified atom stereocenters. The van der Waals surface area contributed by atoms with E-state index in [-0.39, 0.29) is 0 Å². The van der Waals surface area contributed by atoms with E-state index in [1.807, 2.05) is 34.4 Å². The van der Waals surface area contributed by atoms with E-state index < -0.39 is 20.1 Å². The average molecular weight is 561 g/mol. The van der Waals surface area contributed by atoms with Crippen molar-refractivity contribution in [1.82, 2.24) is 9.97 Å². The van der Waals surface area contributed by atoms with Gasteiger partial charge in [-0.3, -0.25) is 0 Å². The Hall–Kier alpha value is -0.990. The predicted octanol–water partition coefficient (Wildman–Crippen LogP) is 9.77. The van der Waals surface area contributed by atoms with Crippen LogP contribution in [0, 0.1) is 5.92 Å². The van der Waals surface area contributed by atoms with Gasteiger partial charge in [0, 0.05) is 24.4 Å². The molecule has 0 bridgehead atoms. The van der Waals surface area contributed by atoms with E-state index in [0.717, 1.165) is 27.8 Å². The van der Waals surface area contributed by atoms with Crippen LogP contribution in [-0.2, 0) is 0 Å².